The number of furan rings is 1. The van der Waals surface area contributed by atoms with Crippen molar-refractivity contribution in [2.45, 2.75) is 6.04 Å². The fraction of sp³-hybridized carbons (Fsp3) is 0.222. The van der Waals surface area contributed by atoms with Gasteiger partial charge < -0.3 is 14.6 Å². The molecule has 0 fully saturated rings. The van der Waals surface area contributed by atoms with Crippen molar-refractivity contribution in [3.05, 3.63) is 66.1 Å². The van der Waals surface area contributed by atoms with Gasteiger partial charge in [0.2, 0.25) is 0 Å². The van der Waals surface area contributed by atoms with Gasteiger partial charge in [-0.3, -0.25) is 9.89 Å². The number of aromatic amines is 1. The van der Waals surface area contributed by atoms with Crippen LogP contribution in [0, 0.1) is 0 Å². The lowest BCUT2D eigenvalue weighted by molar-refractivity contribution is 0.0937. The summed E-state index contributed by atoms with van der Waals surface area (Å²) in [6.07, 6.45) is 1.58. The topological polar surface area (TPSA) is 74.2 Å². The van der Waals surface area contributed by atoms with E-state index in [2.05, 4.69) is 32.5 Å². The maximum absolute atomic E-state index is 12.3. The molecule has 0 aliphatic carbocycles. The first-order valence-electron chi connectivity index (χ1n) is 7.74. The average molecular weight is 324 g/mol. The molecule has 124 valence electrons. The van der Waals surface area contributed by atoms with Crippen molar-refractivity contribution in [2.75, 3.05) is 20.6 Å². The molecule has 0 spiro atoms. The zero-order valence-electron chi connectivity index (χ0n) is 13.7. The molecule has 1 amide bonds. The van der Waals surface area contributed by atoms with E-state index in [0.717, 1.165) is 5.56 Å². The zero-order chi connectivity index (χ0) is 16.9. The van der Waals surface area contributed by atoms with E-state index in [1.165, 1.54) is 0 Å². The van der Waals surface area contributed by atoms with Crippen molar-refractivity contribution in [1.82, 2.24) is 20.4 Å². The predicted octanol–water partition coefficient (Wildman–Crippen LogP) is 2.70. The molecule has 0 aliphatic heterocycles. The molecule has 0 radical (unpaired) electrons. The normalized spacial score (nSPS) is 12.3. The number of carbonyl (C=O) groups is 1. The summed E-state index contributed by atoms with van der Waals surface area (Å²) in [5.41, 5.74) is 2.17. The van der Waals surface area contributed by atoms with Crippen LogP contribution in [0.15, 0.2) is 59.2 Å². The van der Waals surface area contributed by atoms with Crippen LogP contribution in [0.4, 0.5) is 0 Å². The van der Waals surface area contributed by atoms with Gasteiger partial charge in [-0.25, -0.2) is 0 Å². The smallest absolute Gasteiger partial charge is 0.271 e. The summed E-state index contributed by atoms with van der Waals surface area (Å²) in [5, 5.41) is 9.82. The van der Waals surface area contributed by atoms with Crippen molar-refractivity contribution < 1.29 is 9.21 Å². The van der Waals surface area contributed by atoms with Gasteiger partial charge in [-0.15, -0.1) is 0 Å². The van der Waals surface area contributed by atoms with Crippen LogP contribution in [0.3, 0.4) is 0 Å². The second kappa shape index (κ2) is 7.14. The van der Waals surface area contributed by atoms with Crippen LogP contribution in [0.5, 0.6) is 0 Å². The number of amides is 1. The van der Waals surface area contributed by atoms with Gasteiger partial charge in [0, 0.05) is 12.6 Å². The second-order valence-corrected chi connectivity index (χ2v) is 5.74. The van der Waals surface area contributed by atoms with Crippen LogP contribution in [0.2, 0.25) is 0 Å². The molecule has 1 aromatic carbocycles. The number of nitrogens with one attached hydrogen (secondary N) is 2. The van der Waals surface area contributed by atoms with Gasteiger partial charge in [0.1, 0.15) is 5.69 Å². The molecule has 2 heterocycles. The highest BCUT2D eigenvalue weighted by Crippen LogP contribution is 2.19. The minimum atomic E-state index is -0.216. The van der Waals surface area contributed by atoms with Crippen molar-refractivity contribution in [3.63, 3.8) is 0 Å². The van der Waals surface area contributed by atoms with E-state index in [-0.39, 0.29) is 11.9 Å². The van der Waals surface area contributed by atoms with E-state index in [1.807, 2.05) is 38.4 Å². The molecule has 2 N–H and O–H groups in total. The summed E-state index contributed by atoms with van der Waals surface area (Å²) >= 11 is 0. The first-order chi connectivity index (χ1) is 11.6. The number of hydrogen-bond donors (Lipinski definition) is 2. The van der Waals surface area contributed by atoms with Gasteiger partial charge in [0.25, 0.3) is 5.91 Å². The number of aromatic nitrogens is 2. The van der Waals surface area contributed by atoms with Crippen molar-refractivity contribution >= 4 is 5.91 Å². The molecule has 6 nitrogen and oxygen atoms in total. The lowest BCUT2D eigenvalue weighted by atomic mass is 10.1. The summed E-state index contributed by atoms with van der Waals surface area (Å²) < 4.78 is 5.29. The molecule has 0 saturated heterocycles. The molecular weight excluding hydrogens is 304 g/mol. The molecule has 0 bridgehead atoms. The van der Waals surface area contributed by atoms with Gasteiger partial charge in [0.15, 0.2) is 11.5 Å². The van der Waals surface area contributed by atoms with Crippen LogP contribution in [-0.2, 0) is 0 Å². The largest absolute Gasteiger partial charge is 0.463 e. The number of rotatable bonds is 6. The van der Waals surface area contributed by atoms with E-state index < -0.39 is 0 Å². The van der Waals surface area contributed by atoms with Crippen LogP contribution >= 0.6 is 0 Å². The van der Waals surface area contributed by atoms with E-state index in [4.69, 9.17) is 4.42 Å². The van der Waals surface area contributed by atoms with Crippen molar-refractivity contribution in [1.29, 1.82) is 0 Å². The van der Waals surface area contributed by atoms with Crippen LogP contribution < -0.4 is 5.32 Å². The SMILES string of the molecule is CN(C)C(CNC(=O)c1cc(-c2ccco2)[nH]n1)c1ccccc1. The molecule has 3 aromatic rings. The summed E-state index contributed by atoms with van der Waals surface area (Å²) in [4.78, 5) is 14.4. The van der Waals surface area contributed by atoms with Gasteiger partial charge in [-0.2, -0.15) is 5.10 Å². The zero-order valence-corrected chi connectivity index (χ0v) is 13.7. The Labute approximate surface area is 140 Å². The fourth-order valence-electron chi connectivity index (χ4n) is 2.55. The van der Waals surface area contributed by atoms with E-state index in [1.54, 1.807) is 18.4 Å². The number of H-pyrrole nitrogens is 1. The minimum absolute atomic E-state index is 0.0960. The van der Waals surface area contributed by atoms with Crippen molar-refractivity contribution in [2.24, 2.45) is 0 Å². The lowest BCUT2D eigenvalue weighted by Gasteiger charge is -2.24. The Morgan fingerprint density at radius 1 is 1.25 bits per heavy atom. The third-order valence-electron chi connectivity index (χ3n) is 3.86. The molecule has 1 unspecified atom stereocenters. The van der Waals surface area contributed by atoms with Crippen LogP contribution in [0.1, 0.15) is 22.1 Å². The van der Waals surface area contributed by atoms with E-state index in [0.29, 0.717) is 23.7 Å². The molecule has 0 saturated carbocycles. The lowest BCUT2D eigenvalue weighted by Crippen LogP contribution is -2.34. The first-order valence-corrected chi connectivity index (χ1v) is 7.74. The average Bonchev–Trinajstić information content (AvgIpc) is 3.27. The standard InChI is InChI=1S/C18H20N4O2/c1-22(2)16(13-7-4-3-5-8-13)12-19-18(23)15-11-14(20-21-15)17-9-6-10-24-17/h3-11,16H,12H2,1-2H3,(H,19,23)(H,20,21). The van der Waals surface area contributed by atoms with Gasteiger partial charge in [-0.1, -0.05) is 30.3 Å². The van der Waals surface area contributed by atoms with E-state index in [9.17, 15) is 4.79 Å². The van der Waals surface area contributed by atoms with E-state index >= 15 is 0 Å². The molecule has 2 aromatic heterocycles. The highest BCUT2D eigenvalue weighted by Gasteiger charge is 2.17. The number of hydrogen-bond acceptors (Lipinski definition) is 4. The molecule has 1 atom stereocenters. The van der Waals surface area contributed by atoms with Gasteiger partial charge >= 0.3 is 0 Å². The number of carbonyl (C=O) groups excluding carboxylic acids is 1. The van der Waals surface area contributed by atoms with Gasteiger partial charge in [0.05, 0.1) is 12.3 Å². The molecule has 0 aliphatic rings. The Kier molecular flexibility index (Phi) is 4.77. The molecule has 6 heteroatoms. The Bertz CT molecular complexity index is 778. The fourth-order valence-corrected chi connectivity index (χ4v) is 2.55. The quantitative estimate of drug-likeness (QED) is 0.731. The minimum Gasteiger partial charge on any atom is -0.463 e. The third-order valence-corrected chi connectivity index (χ3v) is 3.86. The maximum atomic E-state index is 12.3. The Morgan fingerprint density at radius 2 is 2.04 bits per heavy atom. The summed E-state index contributed by atoms with van der Waals surface area (Å²) in [6, 6.07) is 15.5. The number of benzene rings is 1. The second-order valence-electron chi connectivity index (χ2n) is 5.74. The summed E-state index contributed by atoms with van der Waals surface area (Å²) in [5.74, 6) is 0.434. The third kappa shape index (κ3) is 3.55. The van der Waals surface area contributed by atoms with Crippen LogP contribution in [0.25, 0.3) is 11.5 Å². The highest BCUT2D eigenvalue weighted by atomic mass is 16.3. The Morgan fingerprint density at radius 3 is 2.71 bits per heavy atom. The molecule has 24 heavy (non-hydrogen) atoms. The number of likely N-dealkylation sites (N-methyl/N-ethyl adjacent to an activating group) is 1. The Balaban J connectivity index is 1.66. The molecular formula is C18H20N4O2. The predicted molar refractivity (Wildman–Crippen MR) is 91.5 cm³/mol. The van der Waals surface area contributed by atoms with Gasteiger partial charge in [-0.05, 0) is 31.8 Å². The highest BCUT2D eigenvalue weighted by molar-refractivity contribution is 5.93. The monoisotopic (exact) mass is 324 g/mol. The maximum Gasteiger partial charge on any atom is 0.271 e. The first kappa shape index (κ1) is 16.0. The number of nitrogens with zero attached hydrogens (tertiary/aromatic N) is 2. The Hall–Kier alpha value is -2.86. The van der Waals surface area contributed by atoms with Crippen LogP contribution in [-0.4, -0.2) is 41.6 Å². The summed E-state index contributed by atoms with van der Waals surface area (Å²) in [6.45, 7) is 0.499. The summed E-state index contributed by atoms with van der Waals surface area (Å²) in [7, 11) is 3.99. The molecule has 3 rings (SSSR count). The van der Waals surface area contributed by atoms with Crippen molar-refractivity contribution in [3.8, 4) is 11.5 Å².